The van der Waals surface area contributed by atoms with Gasteiger partial charge in [-0.25, -0.2) is 4.79 Å². The second-order valence-corrected chi connectivity index (χ2v) is 22.0. The molecule has 0 aromatic carbocycles. The molecule has 2 aromatic heterocycles. The van der Waals surface area contributed by atoms with Crippen LogP contribution >= 0.6 is 0 Å². The van der Waals surface area contributed by atoms with Gasteiger partial charge < -0.3 is 19.5 Å². The molecule has 0 saturated carbocycles. The van der Waals surface area contributed by atoms with Gasteiger partial charge in [0.15, 0.2) is 16.6 Å². The molecule has 2 heterocycles. The first-order valence-electron chi connectivity index (χ1n) is 12.7. The summed E-state index contributed by atoms with van der Waals surface area (Å²) in [4.78, 5) is 21.7. The van der Waals surface area contributed by atoms with Crippen molar-refractivity contribution >= 4 is 22.7 Å². The van der Waals surface area contributed by atoms with Crippen LogP contribution < -0.4 is 10.6 Å². The third-order valence-electron chi connectivity index (χ3n) is 7.36. The summed E-state index contributed by atoms with van der Waals surface area (Å²) in [6.45, 7) is 23.9. The van der Waals surface area contributed by atoms with Crippen molar-refractivity contribution in [3.63, 3.8) is 0 Å². The van der Waals surface area contributed by atoms with Gasteiger partial charge in [0, 0.05) is 0 Å². The molecule has 0 saturated heterocycles. The molecule has 0 spiro atoms. The summed E-state index contributed by atoms with van der Waals surface area (Å²) in [5, 5.41) is 6.05. The largest absolute Gasteiger partial charge is 0.411 e. The van der Waals surface area contributed by atoms with Crippen molar-refractivity contribution < 1.29 is 13.6 Å². The van der Waals surface area contributed by atoms with E-state index in [1.165, 1.54) is 0 Å². The van der Waals surface area contributed by atoms with Gasteiger partial charge >= 0.3 is 6.03 Å². The van der Waals surface area contributed by atoms with Gasteiger partial charge in [-0.15, -0.1) is 0 Å². The van der Waals surface area contributed by atoms with E-state index in [4.69, 9.17) is 8.85 Å². The summed E-state index contributed by atoms with van der Waals surface area (Å²) >= 11 is 0. The van der Waals surface area contributed by atoms with Gasteiger partial charge in [0.05, 0.1) is 49.1 Å². The zero-order chi connectivity index (χ0) is 27.2. The lowest BCUT2D eigenvalue weighted by atomic mass is 10.2. The second-order valence-electron chi connectivity index (χ2n) is 12.4. The summed E-state index contributed by atoms with van der Waals surface area (Å²) in [5.74, 6) is 0. The van der Waals surface area contributed by atoms with Gasteiger partial charge in [-0.2, -0.15) is 0 Å². The SMILES string of the molecule is CC(C)(C)[Si](C)(C)OCc1cccc(CNC(=O)NCc2cccc(CO[Si](C)(C)C(C)(C)C)n2)n1. The van der Waals surface area contributed by atoms with Crippen LogP contribution in [0.3, 0.4) is 0 Å². The third-order valence-corrected chi connectivity index (χ3v) is 16.3. The average Bonchev–Trinajstić information content (AvgIpc) is 2.78. The molecule has 36 heavy (non-hydrogen) atoms. The number of carbonyl (C=O) groups is 1. The van der Waals surface area contributed by atoms with Gasteiger partial charge in [-0.05, 0) is 60.5 Å². The molecule has 0 aliphatic rings. The van der Waals surface area contributed by atoms with Crippen LogP contribution in [0.15, 0.2) is 36.4 Å². The zero-order valence-corrected chi connectivity index (χ0v) is 25.9. The second kappa shape index (κ2) is 12.0. The summed E-state index contributed by atoms with van der Waals surface area (Å²) in [5.41, 5.74) is 3.34. The van der Waals surface area contributed by atoms with E-state index in [2.05, 4.69) is 88.3 Å². The van der Waals surface area contributed by atoms with Crippen molar-refractivity contribution in [1.82, 2.24) is 20.6 Å². The van der Waals surface area contributed by atoms with Crippen LogP contribution in [-0.4, -0.2) is 32.6 Å². The maximum Gasteiger partial charge on any atom is 0.315 e. The molecule has 2 rings (SSSR count). The van der Waals surface area contributed by atoms with Crippen molar-refractivity contribution in [3.8, 4) is 0 Å². The Hall–Kier alpha value is -2.08. The summed E-state index contributed by atoms with van der Waals surface area (Å²) in [6.07, 6.45) is 0. The summed E-state index contributed by atoms with van der Waals surface area (Å²) in [7, 11) is -3.69. The molecule has 0 aliphatic carbocycles. The first-order valence-corrected chi connectivity index (χ1v) is 18.5. The fourth-order valence-corrected chi connectivity index (χ4v) is 4.65. The van der Waals surface area contributed by atoms with Crippen molar-refractivity contribution in [2.75, 3.05) is 0 Å². The van der Waals surface area contributed by atoms with E-state index in [0.29, 0.717) is 26.3 Å². The van der Waals surface area contributed by atoms with Gasteiger partial charge in [0.1, 0.15) is 0 Å². The van der Waals surface area contributed by atoms with Gasteiger partial charge in [0.25, 0.3) is 0 Å². The van der Waals surface area contributed by atoms with E-state index in [9.17, 15) is 4.79 Å². The zero-order valence-electron chi connectivity index (χ0n) is 23.9. The van der Waals surface area contributed by atoms with Crippen molar-refractivity contribution in [1.29, 1.82) is 0 Å². The Morgan fingerprint density at radius 1 is 0.694 bits per heavy atom. The summed E-state index contributed by atoms with van der Waals surface area (Å²) < 4.78 is 12.5. The minimum absolute atomic E-state index is 0.149. The molecular formula is C27H46N4O3Si2. The number of rotatable bonds is 10. The average molecular weight is 531 g/mol. The first kappa shape index (κ1) is 30.1. The monoisotopic (exact) mass is 530 g/mol. The normalized spacial score (nSPS) is 12.9. The van der Waals surface area contributed by atoms with E-state index in [-0.39, 0.29) is 16.1 Å². The van der Waals surface area contributed by atoms with Crippen LogP contribution in [0.4, 0.5) is 4.79 Å². The van der Waals surface area contributed by atoms with E-state index in [1.54, 1.807) is 0 Å². The Kier molecular flexibility index (Phi) is 10.0. The number of aromatic nitrogens is 2. The van der Waals surface area contributed by atoms with Crippen LogP contribution in [-0.2, 0) is 35.2 Å². The lowest BCUT2D eigenvalue weighted by Crippen LogP contribution is -2.40. The smallest absolute Gasteiger partial charge is 0.315 e. The number of hydrogen-bond donors (Lipinski definition) is 2. The van der Waals surface area contributed by atoms with Crippen molar-refractivity contribution in [2.45, 2.75) is 104 Å². The van der Waals surface area contributed by atoms with Crippen LogP contribution in [0.25, 0.3) is 0 Å². The Morgan fingerprint density at radius 3 is 1.36 bits per heavy atom. The predicted molar refractivity (Wildman–Crippen MR) is 152 cm³/mol. The number of nitrogens with one attached hydrogen (secondary N) is 2. The molecule has 0 atom stereocenters. The molecule has 0 radical (unpaired) electrons. The number of carbonyl (C=O) groups excluding carboxylic acids is 1. The lowest BCUT2D eigenvalue weighted by molar-refractivity contribution is 0.239. The van der Waals surface area contributed by atoms with E-state index >= 15 is 0 Å². The number of nitrogens with zero attached hydrogens (tertiary/aromatic N) is 2. The van der Waals surface area contributed by atoms with Crippen LogP contribution in [0.1, 0.15) is 64.3 Å². The third kappa shape index (κ3) is 9.10. The number of hydrogen-bond acceptors (Lipinski definition) is 5. The van der Waals surface area contributed by atoms with Gasteiger partial charge in [0.2, 0.25) is 0 Å². The van der Waals surface area contributed by atoms with E-state index in [0.717, 1.165) is 22.8 Å². The van der Waals surface area contributed by atoms with Crippen LogP contribution in [0, 0.1) is 0 Å². The molecule has 0 unspecified atom stereocenters. The fraction of sp³-hybridized carbons (Fsp3) is 0.593. The van der Waals surface area contributed by atoms with Crippen LogP contribution in [0.2, 0.25) is 36.3 Å². The highest BCUT2D eigenvalue weighted by Crippen LogP contribution is 2.37. The van der Waals surface area contributed by atoms with Crippen molar-refractivity contribution in [3.05, 3.63) is 59.2 Å². The molecule has 2 N–H and O–H groups in total. The summed E-state index contributed by atoms with van der Waals surface area (Å²) in [6, 6.07) is 11.4. The molecule has 2 aromatic rings. The fourth-order valence-electron chi connectivity index (χ4n) is 2.76. The minimum Gasteiger partial charge on any atom is -0.411 e. The Labute approximate surface area is 220 Å². The Balaban J connectivity index is 1.83. The van der Waals surface area contributed by atoms with Crippen LogP contribution in [0.5, 0.6) is 0 Å². The molecule has 0 bridgehead atoms. The molecule has 0 aliphatic heterocycles. The molecule has 2 amide bonds. The Morgan fingerprint density at radius 2 is 1.03 bits per heavy atom. The number of urea groups is 1. The maximum atomic E-state index is 12.4. The number of amides is 2. The number of pyridine rings is 2. The molecule has 7 nitrogen and oxygen atoms in total. The maximum absolute atomic E-state index is 12.4. The predicted octanol–water partition coefficient (Wildman–Crippen LogP) is 6.52. The standard InChI is InChI=1S/C27H46N4O3Si2/c1-26(2,3)35(7,8)33-19-23-15-11-13-21(30-23)17-28-25(32)29-18-22-14-12-16-24(31-22)20-34-36(9,10)27(4,5)6/h11-16H,17-20H2,1-10H3,(H2,28,29,32). The van der Waals surface area contributed by atoms with Gasteiger partial charge in [-0.1, -0.05) is 53.7 Å². The van der Waals surface area contributed by atoms with E-state index < -0.39 is 16.6 Å². The quantitative estimate of drug-likeness (QED) is 0.342. The molecule has 9 heteroatoms. The highest BCUT2D eigenvalue weighted by Gasteiger charge is 2.38. The first-order chi connectivity index (χ1) is 16.5. The molecular weight excluding hydrogens is 484 g/mol. The minimum atomic E-state index is -1.84. The lowest BCUT2D eigenvalue weighted by Gasteiger charge is -2.36. The topological polar surface area (TPSA) is 85.4 Å². The Bertz CT molecular complexity index is 935. The van der Waals surface area contributed by atoms with E-state index in [1.807, 2.05) is 36.4 Å². The molecule has 0 fully saturated rings. The highest BCUT2D eigenvalue weighted by molar-refractivity contribution is 6.74. The van der Waals surface area contributed by atoms with Gasteiger partial charge in [-0.3, -0.25) is 9.97 Å². The van der Waals surface area contributed by atoms with Crippen molar-refractivity contribution in [2.24, 2.45) is 0 Å². The highest BCUT2D eigenvalue weighted by atomic mass is 28.4. The molecule has 200 valence electrons.